The van der Waals surface area contributed by atoms with Crippen LogP contribution in [0.1, 0.15) is 47.2 Å². The molecule has 12 nitrogen and oxygen atoms in total. The molecule has 0 spiro atoms. The summed E-state index contributed by atoms with van der Waals surface area (Å²) in [5.41, 5.74) is -2.11. The molecule has 1 atom stereocenters. The Labute approximate surface area is 229 Å². The zero-order valence-electron chi connectivity index (χ0n) is 22.7. The Morgan fingerprint density at radius 3 is 2.40 bits per heavy atom. The fourth-order valence-electron chi connectivity index (χ4n) is 4.20. The van der Waals surface area contributed by atoms with Crippen LogP contribution in [0, 0.1) is 11.6 Å². The molecule has 0 fully saturated rings. The van der Waals surface area contributed by atoms with E-state index in [1.54, 1.807) is 20.8 Å². The van der Waals surface area contributed by atoms with Gasteiger partial charge in [-0.2, -0.15) is 0 Å². The van der Waals surface area contributed by atoms with Crippen molar-refractivity contribution in [3.05, 3.63) is 63.1 Å². The number of carbonyl (C=O) groups excluding carboxylic acids is 2. The number of carbonyl (C=O) groups is 2. The van der Waals surface area contributed by atoms with Crippen LogP contribution in [-0.4, -0.2) is 78.8 Å². The van der Waals surface area contributed by atoms with Crippen molar-refractivity contribution in [3.8, 4) is 5.75 Å². The molecule has 0 radical (unpaired) electrons. The molecule has 2 amide bonds. The van der Waals surface area contributed by atoms with Crippen LogP contribution in [0.25, 0.3) is 0 Å². The van der Waals surface area contributed by atoms with Crippen LogP contribution in [0.15, 0.2) is 29.2 Å². The van der Waals surface area contributed by atoms with E-state index < -0.39 is 59.6 Å². The predicted molar refractivity (Wildman–Crippen MR) is 141 cm³/mol. The van der Waals surface area contributed by atoms with E-state index in [1.807, 2.05) is 0 Å². The highest BCUT2D eigenvalue weighted by Crippen LogP contribution is 2.47. The third kappa shape index (κ3) is 6.69. The number of rotatable bonds is 13. The number of amides is 2. The molecule has 1 unspecified atom stereocenters. The summed E-state index contributed by atoms with van der Waals surface area (Å²) in [6.07, 6.45) is 0.156. The second-order valence-corrected chi connectivity index (χ2v) is 10.9. The van der Waals surface area contributed by atoms with Gasteiger partial charge in [0.05, 0.1) is 26.0 Å². The lowest BCUT2D eigenvalue weighted by molar-refractivity contribution is 0.0379. The number of hydrogen-bond donors (Lipinski definition) is 2. The van der Waals surface area contributed by atoms with Crippen molar-refractivity contribution in [3.63, 3.8) is 0 Å². The summed E-state index contributed by atoms with van der Waals surface area (Å²) in [5, 5.41) is 14.7. The molecule has 1 aliphatic heterocycles. The highest BCUT2D eigenvalue weighted by molar-refractivity contribution is 7.53. The van der Waals surface area contributed by atoms with Crippen LogP contribution >= 0.6 is 7.60 Å². The van der Waals surface area contributed by atoms with Gasteiger partial charge in [0.1, 0.15) is 23.4 Å². The number of pyridine rings is 1. The lowest BCUT2D eigenvalue weighted by Gasteiger charge is -2.45. The summed E-state index contributed by atoms with van der Waals surface area (Å²) in [6.45, 7) is 5.23. The molecule has 220 valence electrons. The maximum absolute atomic E-state index is 14.0. The van der Waals surface area contributed by atoms with Crippen molar-refractivity contribution in [2.24, 2.45) is 0 Å². The minimum Gasteiger partial charge on any atom is -0.502 e. The van der Waals surface area contributed by atoms with Gasteiger partial charge in [-0.1, -0.05) is 6.07 Å². The minimum atomic E-state index is -3.56. The summed E-state index contributed by atoms with van der Waals surface area (Å²) >= 11 is 0. The Hall–Kier alpha value is -3.32. The maximum Gasteiger partial charge on any atom is 0.332 e. The number of fused-ring (bicyclic) bond motifs is 1. The topological polar surface area (TPSA) is 140 Å². The van der Waals surface area contributed by atoms with Crippen molar-refractivity contribution in [1.82, 2.24) is 14.9 Å². The van der Waals surface area contributed by atoms with Gasteiger partial charge in [0.15, 0.2) is 11.4 Å². The first-order valence-electron chi connectivity index (χ1n) is 12.7. The van der Waals surface area contributed by atoms with Gasteiger partial charge >= 0.3 is 7.60 Å². The van der Waals surface area contributed by atoms with E-state index in [2.05, 4.69) is 5.32 Å². The zero-order chi connectivity index (χ0) is 29.6. The SMILES string of the molecule is CCOCC1N(C)C(=O)c2c(O)c(=O)c(C(=O)NCc3ccc(F)cc3F)cn2N1CCP(=O)(OCC)OCC. The van der Waals surface area contributed by atoms with Crippen LogP contribution in [-0.2, 0) is 24.9 Å². The van der Waals surface area contributed by atoms with Crippen molar-refractivity contribution >= 4 is 19.4 Å². The van der Waals surface area contributed by atoms with Crippen LogP contribution in [0.3, 0.4) is 0 Å². The number of hydrogen-bond acceptors (Lipinski definition) is 9. The first-order valence-corrected chi connectivity index (χ1v) is 14.4. The van der Waals surface area contributed by atoms with Gasteiger partial charge in [0.25, 0.3) is 11.8 Å². The molecule has 15 heteroatoms. The predicted octanol–water partition coefficient (Wildman–Crippen LogP) is 2.41. The molecular weight excluding hydrogens is 553 g/mol. The lowest BCUT2D eigenvalue weighted by atomic mass is 10.1. The number of aromatic hydroxyl groups is 1. The van der Waals surface area contributed by atoms with E-state index in [1.165, 1.54) is 17.0 Å². The fourth-order valence-corrected chi connectivity index (χ4v) is 5.77. The average molecular weight is 587 g/mol. The van der Waals surface area contributed by atoms with E-state index in [0.717, 1.165) is 23.0 Å². The Morgan fingerprint density at radius 1 is 1.12 bits per heavy atom. The fraction of sp³-hybridized carbons (Fsp3) is 0.480. The van der Waals surface area contributed by atoms with Crippen LogP contribution in [0.2, 0.25) is 0 Å². The van der Waals surface area contributed by atoms with E-state index >= 15 is 0 Å². The largest absolute Gasteiger partial charge is 0.502 e. The highest BCUT2D eigenvalue weighted by Gasteiger charge is 2.40. The Kier molecular flexibility index (Phi) is 10.4. The summed E-state index contributed by atoms with van der Waals surface area (Å²) in [5.74, 6) is -4.35. The zero-order valence-corrected chi connectivity index (χ0v) is 23.6. The molecule has 1 aromatic carbocycles. The van der Waals surface area contributed by atoms with Gasteiger partial charge in [-0.25, -0.2) is 8.78 Å². The molecular formula is C25H33F2N4O8P. The van der Waals surface area contributed by atoms with E-state index in [4.69, 9.17) is 13.8 Å². The van der Waals surface area contributed by atoms with Crippen LogP contribution in [0.5, 0.6) is 5.75 Å². The number of benzene rings is 1. The first-order chi connectivity index (χ1) is 19.0. The molecule has 2 N–H and O–H groups in total. The molecule has 3 rings (SSSR count). The Balaban J connectivity index is 2.03. The molecule has 0 saturated carbocycles. The minimum absolute atomic E-state index is 0.00398. The molecule has 40 heavy (non-hydrogen) atoms. The second-order valence-electron chi connectivity index (χ2n) is 8.72. The summed E-state index contributed by atoms with van der Waals surface area (Å²) < 4.78 is 57.9. The molecule has 0 bridgehead atoms. The number of aromatic nitrogens is 1. The third-order valence-electron chi connectivity index (χ3n) is 6.18. The number of ether oxygens (including phenoxy) is 1. The summed E-state index contributed by atoms with van der Waals surface area (Å²) in [7, 11) is -2.10. The molecule has 0 saturated heterocycles. The lowest BCUT2D eigenvalue weighted by Crippen LogP contribution is -2.62. The quantitative estimate of drug-likeness (QED) is 0.339. The van der Waals surface area contributed by atoms with Crippen molar-refractivity contribution < 1.29 is 41.8 Å². The standard InChI is InChI=1S/C25H33F2N4O8P/c1-5-37-15-20-29(4)25(35)21-23(33)22(32)18(24(34)28-13-16-8-9-17(26)12-19(16)27)14-31(21)30(20)10-11-40(36,38-6-2)39-7-3/h8-9,12,14,20,33H,5-7,10-11,13,15H2,1-4H3,(H,28,34). The first kappa shape index (κ1) is 31.2. The highest BCUT2D eigenvalue weighted by atomic mass is 31.2. The smallest absolute Gasteiger partial charge is 0.332 e. The van der Waals surface area contributed by atoms with Gasteiger partial charge in [-0.05, 0) is 26.8 Å². The molecule has 1 aromatic heterocycles. The van der Waals surface area contributed by atoms with E-state index in [9.17, 15) is 32.8 Å². The number of nitrogens with one attached hydrogen (secondary N) is 1. The van der Waals surface area contributed by atoms with Crippen LogP contribution in [0.4, 0.5) is 8.78 Å². The number of halogens is 2. The van der Waals surface area contributed by atoms with Crippen molar-refractivity contribution in [2.75, 3.05) is 51.2 Å². The van der Waals surface area contributed by atoms with Crippen molar-refractivity contribution in [2.45, 2.75) is 33.5 Å². The van der Waals surface area contributed by atoms with Gasteiger partial charge < -0.3 is 29.1 Å². The second kappa shape index (κ2) is 13.4. The van der Waals surface area contributed by atoms with E-state index in [-0.39, 0.29) is 44.6 Å². The van der Waals surface area contributed by atoms with Gasteiger partial charge in [0.2, 0.25) is 5.43 Å². The van der Waals surface area contributed by atoms with Gasteiger partial charge in [-0.15, -0.1) is 0 Å². The Bertz CT molecular complexity index is 1340. The number of nitrogens with zero attached hydrogens (tertiary/aromatic N) is 3. The Morgan fingerprint density at radius 2 is 1.80 bits per heavy atom. The average Bonchev–Trinajstić information content (AvgIpc) is 2.90. The summed E-state index contributed by atoms with van der Waals surface area (Å²) in [6, 6.07) is 2.82. The van der Waals surface area contributed by atoms with Crippen LogP contribution < -0.4 is 15.8 Å². The van der Waals surface area contributed by atoms with Gasteiger partial charge in [-0.3, -0.25) is 28.6 Å². The maximum atomic E-state index is 14.0. The molecule has 2 aromatic rings. The third-order valence-corrected chi connectivity index (χ3v) is 8.23. The van der Waals surface area contributed by atoms with Gasteiger partial charge in [0, 0.05) is 44.6 Å². The molecule has 1 aliphatic rings. The normalized spacial score (nSPS) is 15.3. The van der Waals surface area contributed by atoms with E-state index in [0.29, 0.717) is 12.7 Å². The number of likely N-dealkylation sites (N-methyl/N-ethyl adjacent to an activating group) is 1. The molecule has 2 heterocycles. The molecule has 0 aliphatic carbocycles. The summed E-state index contributed by atoms with van der Waals surface area (Å²) in [4.78, 5) is 40.4. The van der Waals surface area contributed by atoms with Crippen molar-refractivity contribution in [1.29, 1.82) is 0 Å². The monoisotopic (exact) mass is 586 g/mol.